The van der Waals surface area contributed by atoms with Crippen LogP contribution in [0.5, 0.6) is 0 Å². The Bertz CT molecular complexity index is 372. The second kappa shape index (κ2) is 5.81. The minimum Gasteiger partial charge on any atom is -0.452 e. The van der Waals surface area contributed by atoms with Crippen LogP contribution in [-0.2, 0) is 19.1 Å². The lowest BCUT2D eigenvalue weighted by molar-refractivity contribution is -0.232. The van der Waals surface area contributed by atoms with Gasteiger partial charge in [-0.15, -0.1) is 0 Å². The van der Waals surface area contributed by atoms with Crippen LogP contribution in [0.3, 0.4) is 0 Å². The molecule has 110 valence electrons. The number of esters is 2. The van der Waals surface area contributed by atoms with Gasteiger partial charge in [-0.05, 0) is 51.4 Å². The molecule has 2 saturated carbocycles. The number of rotatable bonds is 4. The molecule has 0 radical (unpaired) electrons. The monoisotopic (exact) mass is 278 g/mol. The van der Waals surface area contributed by atoms with Crippen molar-refractivity contribution in [2.75, 3.05) is 0 Å². The summed E-state index contributed by atoms with van der Waals surface area (Å²) < 4.78 is 11.4. The van der Waals surface area contributed by atoms with Crippen LogP contribution < -0.4 is 0 Å². The zero-order valence-corrected chi connectivity index (χ0v) is 11.9. The van der Waals surface area contributed by atoms with E-state index in [0.717, 1.165) is 51.4 Å². The molecule has 2 aliphatic carbocycles. The van der Waals surface area contributed by atoms with Crippen LogP contribution in [0.25, 0.3) is 0 Å². The minimum absolute atomic E-state index is 0.437. The van der Waals surface area contributed by atoms with Crippen LogP contribution in [0.4, 0.5) is 0 Å². The van der Waals surface area contributed by atoms with Crippen molar-refractivity contribution in [1.29, 1.82) is 0 Å². The van der Waals surface area contributed by atoms with E-state index in [1.165, 1.54) is 12.2 Å². The summed E-state index contributed by atoms with van der Waals surface area (Å²) in [5.74, 6) is -0.874. The summed E-state index contributed by atoms with van der Waals surface area (Å²) in [7, 11) is 0. The molecule has 4 nitrogen and oxygen atoms in total. The van der Waals surface area contributed by atoms with Gasteiger partial charge in [0.15, 0.2) is 11.2 Å². The molecular formula is C16H22O4. The first kappa shape index (κ1) is 14.8. The molecule has 2 fully saturated rings. The van der Waals surface area contributed by atoms with E-state index in [2.05, 4.69) is 13.2 Å². The number of fused-ring (bicyclic) bond motifs is 1. The third-order valence-corrected chi connectivity index (χ3v) is 4.58. The third-order valence-electron chi connectivity index (χ3n) is 4.58. The Morgan fingerprint density at radius 2 is 1.05 bits per heavy atom. The fourth-order valence-corrected chi connectivity index (χ4v) is 3.66. The molecule has 0 bridgehead atoms. The Morgan fingerprint density at radius 1 is 0.750 bits per heavy atom. The van der Waals surface area contributed by atoms with Gasteiger partial charge in [-0.25, -0.2) is 9.59 Å². The average molecular weight is 278 g/mol. The summed E-state index contributed by atoms with van der Waals surface area (Å²) in [6.45, 7) is 6.92. The van der Waals surface area contributed by atoms with Gasteiger partial charge in [-0.3, -0.25) is 0 Å². The van der Waals surface area contributed by atoms with Gasteiger partial charge in [0.1, 0.15) is 0 Å². The molecule has 20 heavy (non-hydrogen) atoms. The molecule has 2 aliphatic rings. The first-order valence-corrected chi connectivity index (χ1v) is 7.28. The van der Waals surface area contributed by atoms with E-state index in [4.69, 9.17) is 9.47 Å². The van der Waals surface area contributed by atoms with Crippen molar-refractivity contribution >= 4 is 11.9 Å². The summed E-state index contributed by atoms with van der Waals surface area (Å²) in [6, 6.07) is 0. The van der Waals surface area contributed by atoms with Crippen molar-refractivity contribution in [3.8, 4) is 0 Å². The van der Waals surface area contributed by atoms with Crippen LogP contribution in [0.2, 0.25) is 0 Å². The predicted octanol–water partition coefficient (Wildman–Crippen LogP) is 3.07. The highest BCUT2D eigenvalue weighted by atomic mass is 16.6. The van der Waals surface area contributed by atoms with E-state index in [1.807, 2.05) is 0 Å². The van der Waals surface area contributed by atoms with Gasteiger partial charge < -0.3 is 9.47 Å². The lowest BCUT2D eigenvalue weighted by atomic mass is 9.63. The average Bonchev–Trinajstić information content (AvgIpc) is 2.47. The molecule has 0 heterocycles. The minimum atomic E-state index is -0.687. The van der Waals surface area contributed by atoms with Crippen LogP contribution in [0.1, 0.15) is 51.4 Å². The van der Waals surface area contributed by atoms with Gasteiger partial charge in [0.25, 0.3) is 0 Å². The molecule has 0 atom stereocenters. The number of ether oxygens (including phenoxy) is 2. The zero-order valence-electron chi connectivity index (χ0n) is 11.9. The van der Waals surface area contributed by atoms with Gasteiger partial charge in [-0.1, -0.05) is 13.2 Å². The topological polar surface area (TPSA) is 52.6 Å². The quantitative estimate of drug-likeness (QED) is 0.586. The lowest BCUT2D eigenvalue weighted by Crippen LogP contribution is -2.62. The Labute approximate surface area is 119 Å². The number of hydrogen-bond acceptors (Lipinski definition) is 4. The smallest absolute Gasteiger partial charge is 0.330 e. The maximum Gasteiger partial charge on any atom is 0.330 e. The SMILES string of the molecule is C=CC(=O)OC12CCCCC1(OC(=O)C=C)CCCC2. The molecule has 0 unspecified atom stereocenters. The summed E-state index contributed by atoms with van der Waals surface area (Å²) in [5.41, 5.74) is -1.37. The van der Waals surface area contributed by atoms with Gasteiger partial charge in [0.05, 0.1) is 0 Å². The fraction of sp³-hybridized carbons (Fsp3) is 0.625. The molecule has 0 aromatic carbocycles. The molecule has 0 saturated heterocycles. The standard InChI is InChI=1S/C16H22O4/c1-3-13(17)19-15-9-5-7-11-16(15,12-8-6-10-15)20-14(18)4-2/h3-4H,1-2,5-12H2. The first-order chi connectivity index (χ1) is 9.57. The van der Waals surface area contributed by atoms with Crippen molar-refractivity contribution in [3.05, 3.63) is 25.3 Å². The Kier molecular flexibility index (Phi) is 4.31. The van der Waals surface area contributed by atoms with E-state index in [9.17, 15) is 9.59 Å². The second-order valence-corrected chi connectivity index (χ2v) is 5.65. The van der Waals surface area contributed by atoms with Crippen LogP contribution in [0.15, 0.2) is 25.3 Å². The second-order valence-electron chi connectivity index (χ2n) is 5.65. The van der Waals surface area contributed by atoms with E-state index < -0.39 is 23.1 Å². The van der Waals surface area contributed by atoms with Gasteiger partial charge >= 0.3 is 11.9 Å². The van der Waals surface area contributed by atoms with Crippen LogP contribution >= 0.6 is 0 Å². The van der Waals surface area contributed by atoms with Crippen molar-refractivity contribution in [2.24, 2.45) is 0 Å². The fourth-order valence-electron chi connectivity index (χ4n) is 3.66. The number of hydrogen-bond donors (Lipinski definition) is 0. The van der Waals surface area contributed by atoms with Crippen molar-refractivity contribution in [2.45, 2.75) is 62.6 Å². The molecule has 4 heteroatoms. The highest BCUT2D eigenvalue weighted by molar-refractivity contribution is 5.83. The van der Waals surface area contributed by atoms with E-state index in [1.54, 1.807) is 0 Å². The molecule has 0 aliphatic heterocycles. The maximum atomic E-state index is 11.7. The normalized spacial score (nSPS) is 32.6. The maximum absolute atomic E-state index is 11.7. The van der Waals surface area contributed by atoms with Crippen molar-refractivity contribution in [1.82, 2.24) is 0 Å². The van der Waals surface area contributed by atoms with Gasteiger partial charge in [-0.2, -0.15) is 0 Å². The third kappa shape index (κ3) is 2.51. The molecular weight excluding hydrogens is 256 g/mol. The largest absolute Gasteiger partial charge is 0.452 e. The number of carbonyl (C=O) groups is 2. The molecule has 0 aromatic rings. The molecule has 0 spiro atoms. The summed E-state index contributed by atoms with van der Waals surface area (Å²) in [5, 5.41) is 0. The van der Waals surface area contributed by atoms with Crippen molar-refractivity contribution in [3.63, 3.8) is 0 Å². The van der Waals surface area contributed by atoms with Gasteiger partial charge in [0, 0.05) is 12.2 Å². The zero-order chi connectivity index (χ0) is 14.6. The van der Waals surface area contributed by atoms with Gasteiger partial charge in [0.2, 0.25) is 0 Å². The Morgan fingerprint density at radius 3 is 1.30 bits per heavy atom. The molecule has 0 aromatic heterocycles. The first-order valence-electron chi connectivity index (χ1n) is 7.28. The number of carbonyl (C=O) groups excluding carboxylic acids is 2. The molecule has 0 N–H and O–H groups in total. The lowest BCUT2D eigenvalue weighted by Gasteiger charge is -2.54. The highest BCUT2D eigenvalue weighted by Crippen LogP contribution is 2.51. The molecule has 0 amide bonds. The van der Waals surface area contributed by atoms with Crippen LogP contribution in [-0.4, -0.2) is 23.1 Å². The van der Waals surface area contributed by atoms with E-state index in [-0.39, 0.29) is 0 Å². The Hall–Kier alpha value is -1.58. The highest BCUT2D eigenvalue weighted by Gasteiger charge is 2.59. The van der Waals surface area contributed by atoms with Crippen molar-refractivity contribution < 1.29 is 19.1 Å². The Balaban J connectivity index is 2.33. The predicted molar refractivity (Wildman–Crippen MR) is 75.0 cm³/mol. The summed E-state index contributed by atoms with van der Waals surface area (Å²) in [4.78, 5) is 23.5. The summed E-state index contributed by atoms with van der Waals surface area (Å²) >= 11 is 0. The summed E-state index contributed by atoms with van der Waals surface area (Å²) in [6.07, 6.45) is 9.28. The molecule has 2 rings (SSSR count). The van der Waals surface area contributed by atoms with Crippen LogP contribution in [0, 0.1) is 0 Å². The van der Waals surface area contributed by atoms with E-state index >= 15 is 0 Å². The van der Waals surface area contributed by atoms with E-state index in [0.29, 0.717) is 0 Å².